The number of hydrogen-bond donors (Lipinski definition) is 3. The standard InChI is InChI=1S/C16H24N2O3/c1-11(2)14(7-8-19)18-16(20)17-13-5-6-15-12(10-13)4-3-9-21-15/h5-6,10-11,14,19H,3-4,7-9H2,1-2H3,(H2,17,18,20). The molecular weight excluding hydrogens is 268 g/mol. The van der Waals surface area contributed by atoms with Crippen LogP contribution in [0.1, 0.15) is 32.3 Å². The van der Waals surface area contributed by atoms with Gasteiger partial charge < -0.3 is 20.5 Å². The summed E-state index contributed by atoms with van der Waals surface area (Å²) in [6, 6.07) is 5.44. The molecule has 1 heterocycles. The van der Waals surface area contributed by atoms with Crippen molar-refractivity contribution in [2.24, 2.45) is 5.92 Å². The first-order chi connectivity index (χ1) is 10.1. The molecule has 5 nitrogen and oxygen atoms in total. The molecule has 0 saturated carbocycles. The normalized spacial score (nSPS) is 15.0. The zero-order valence-corrected chi connectivity index (χ0v) is 12.7. The van der Waals surface area contributed by atoms with Crippen LogP contribution in [0, 0.1) is 5.92 Å². The van der Waals surface area contributed by atoms with Crippen LogP contribution in [0.2, 0.25) is 0 Å². The SMILES string of the molecule is CC(C)C(CCO)NC(=O)Nc1ccc2c(c1)CCCO2. The van der Waals surface area contributed by atoms with Gasteiger partial charge in [-0.25, -0.2) is 4.79 Å². The number of fused-ring (bicyclic) bond motifs is 1. The molecule has 1 unspecified atom stereocenters. The number of aliphatic hydroxyl groups excluding tert-OH is 1. The molecule has 0 aliphatic carbocycles. The lowest BCUT2D eigenvalue weighted by Gasteiger charge is -2.22. The Morgan fingerprint density at radius 1 is 1.43 bits per heavy atom. The smallest absolute Gasteiger partial charge is 0.319 e. The molecule has 5 heteroatoms. The molecule has 1 atom stereocenters. The maximum atomic E-state index is 12.0. The Labute approximate surface area is 125 Å². The highest BCUT2D eigenvalue weighted by Crippen LogP contribution is 2.27. The van der Waals surface area contributed by atoms with E-state index in [9.17, 15) is 4.79 Å². The number of ether oxygens (including phenoxy) is 1. The maximum absolute atomic E-state index is 12.0. The van der Waals surface area contributed by atoms with Gasteiger partial charge in [0.05, 0.1) is 6.61 Å². The van der Waals surface area contributed by atoms with Crippen LogP contribution in [0.5, 0.6) is 5.75 Å². The largest absolute Gasteiger partial charge is 0.493 e. The summed E-state index contributed by atoms with van der Waals surface area (Å²) >= 11 is 0. The van der Waals surface area contributed by atoms with Crippen LogP contribution in [-0.2, 0) is 6.42 Å². The Bertz CT molecular complexity index is 488. The Morgan fingerprint density at radius 2 is 2.24 bits per heavy atom. The van der Waals surface area contributed by atoms with E-state index < -0.39 is 0 Å². The first kappa shape index (κ1) is 15.6. The average molecular weight is 292 g/mol. The van der Waals surface area contributed by atoms with E-state index in [0.717, 1.165) is 36.4 Å². The monoisotopic (exact) mass is 292 g/mol. The van der Waals surface area contributed by atoms with E-state index in [1.54, 1.807) is 0 Å². The molecule has 1 aliphatic heterocycles. The molecule has 0 radical (unpaired) electrons. The summed E-state index contributed by atoms with van der Waals surface area (Å²) < 4.78 is 5.56. The van der Waals surface area contributed by atoms with Crippen molar-refractivity contribution in [3.63, 3.8) is 0 Å². The molecule has 0 aromatic heterocycles. The van der Waals surface area contributed by atoms with Crippen molar-refractivity contribution < 1.29 is 14.6 Å². The number of nitrogens with one attached hydrogen (secondary N) is 2. The molecule has 2 rings (SSSR count). The summed E-state index contributed by atoms with van der Waals surface area (Å²) in [7, 11) is 0. The third kappa shape index (κ3) is 4.36. The highest BCUT2D eigenvalue weighted by Gasteiger charge is 2.16. The number of rotatable bonds is 5. The van der Waals surface area contributed by atoms with Crippen molar-refractivity contribution in [1.29, 1.82) is 0 Å². The molecule has 0 spiro atoms. The fourth-order valence-electron chi connectivity index (χ4n) is 2.48. The lowest BCUT2D eigenvalue weighted by atomic mass is 10.0. The van der Waals surface area contributed by atoms with Gasteiger partial charge in [0.1, 0.15) is 5.75 Å². The second kappa shape index (κ2) is 7.31. The predicted molar refractivity (Wildman–Crippen MR) is 82.7 cm³/mol. The minimum Gasteiger partial charge on any atom is -0.493 e. The Kier molecular flexibility index (Phi) is 5.44. The molecular formula is C16H24N2O3. The van der Waals surface area contributed by atoms with Gasteiger partial charge in [-0.05, 0) is 48.9 Å². The number of carbonyl (C=O) groups excluding carboxylic acids is 1. The molecule has 0 fully saturated rings. The zero-order valence-electron chi connectivity index (χ0n) is 12.7. The van der Waals surface area contributed by atoms with Crippen molar-refractivity contribution in [2.75, 3.05) is 18.5 Å². The predicted octanol–water partition coefficient (Wildman–Crippen LogP) is 2.54. The zero-order chi connectivity index (χ0) is 15.2. The van der Waals surface area contributed by atoms with Crippen LogP contribution in [0.25, 0.3) is 0 Å². The molecule has 1 aromatic rings. The molecule has 2 amide bonds. The Morgan fingerprint density at radius 3 is 2.95 bits per heavy atom. The highest BCUT2D eigenvalue weighted by molar-refractivity contribution is 5.89. The molecule has 0 bridgehead atoms. The van der Waals surface area contributed by atoms with E-state index in [1.807, 2.05) is 32.0 Å². The summed E-state index contributed by atoms with van der Waals surface area (Å²) in [5.41, 5.74) is 1.90. The summed E-state index contributed by atoms with van der Waals surface area (Å²) in [6.07, 6.45) is 2.54. The van der Waals surface area contributed by atoms with E-state index >= 15 is 0 Å². The van der Waals surface area contributed by atoms with Gasteiger partial charge in [0, 0.05) is 18.3 Å². The fourth-order valence-corrected chi connectivity index (χ4v) is 2.48. The van der Waals surface area contributed by atoms with Crippen LogP contribution in [-0.4, -0.2) is 30.4 Å². The van der Waals surface area contributed by atoms with Gasteiger partial charge in [0.15, 0.2) is 0 Å². The van der Waals surface area contributed by atoms with Gasteiger partial charge in [-0.3, -0.25) is 0 Å². The van der Waals surface area contributed by atoms with Crippen molar-refractivity contribution >= 4 is 11.7 Å². The van der Waals surface area contributed by atoms with Crippen LogP contribution in [0.3, 0.4) is 0 Å². The van der Waals surface area contributed by atoms with Crippen LogP contribution in [0.4, 0.5) is 10.5 Å². The number of hydrogen-bond acceptors (Lipinski definition) is 3. The van der Waals surface area contributed by atoms with Crippen molar-refractivity contribution in [3.05, 3.63) is 23.8 Å². The van der Waals surface area contributed by atoms with Gasteiger partial charge >= 0.3 is 6.03 Å². The van der Waals surface area contributed by atoms with Crippen molar-refractivity contribution in [1.82, 2.24) is 5.32 Å². The average Bonchev–Trinajstić information content (AvgIpc) is 2.46. The van der Waals surface area contributed by atoms with Gasteiger partial charge in [-0.1, -0.05) is 13.8 Å². The van der Waals surface area contributed by atoms with Crippen LogP contribution >= 0.6 is 0 Å². The first-order valence-corrected chi connectivity index (χ1v) is 7.54. The number of anilines is 1. The van der Waals surface area contributed by atoms with E-state index in [1.165, 1.54) is 0 Å². The summed E-state index contributed by atoms with van der Waals surface area (Å²) in [4.78, 5) is 12.0. The first-order valence-electron chi connectivity index (χ1n) is 7.54. The minimum absolute atomic E-state index is 0.0315. The third-order valence-corrected chi connectivity index (χ3v) is 3.73. The molecule has 116 valence electrons. The number of aliphatic hydroxyl groups is 1. The Balaban J connectivity index is 1.96. The molecule has 1 aliphatic rings. The van der Waals surface area contributed by atoms with E-state index in [4.69, 9.17) is 9.84 Å². The topological polar surface area (TPSA) is 70.6 Å². The van der Waals surface area contributed by atoms with Gasteiger partial charge in [0.2, 0.25) is 0 Å². The minimum atomic E-state index is -0.237. The lowest BCUT2D eigenvalue weighted by Crippen LogP contribution is -2.41. The number of carbonyl (C=O) groups is 1. The summed E-state index contributed by atoms with van der Waals surface area (Å²) in [6.45, 7) is 4.88. The summed E-state index contributed by atoms with van der Waals surface area (Å²) in [5.74, 6) is 1.19. The fraction of sp³-hybridized carbons (Fsp3) is 0.562. The van der Waals surface area contributed by atoms with Gasteiger partial charge in [-0.2, -0.15) is 0 Å². The lowest BCUT2D eigenvalue weighted by molar-refractivity contribution is 0.227. The maximum Gasteiger partial charge on any atom is 0.319 e. The molecule has 0 saturated heterocycles. The number of amides is 2. The quantitative estimate of drug-likeness (QED) is 0.781. The van der Waals surface area contributed by atoms with Crippen molar-refractivity contribution in [3.8, 4) is 5.75 Å². The van der Waals surface area contributed by atoms with Gasteiger partial charge in [0.25, 0.3) is 0 Å². The van der Waals surface area contributed by atoms with E-state index in [2.05, 4.69) is 10.6 Å². The number of benzene rings is 1. The second-order valence-corrected chi connectivity index (χ2v) is 5.74. The summed E-state index contributed by atoms with van der Waals surface area (Å²) in [5, 5.41) is 14.8. The number of aryl methyl sites for hydroxylation is 1. The number of urea groups is 1. The van der Waals surface area contributed by atoms with Gasteiger partial charge in [-0.15, -0.1) is 0 Å². The van der Waals surface area contributed by atoms with Crippen LogP contribution < -0.4 is 15.4 Å². The highest BCUT2D eigenvalue weighted by atomic mass is 16.5. The molecule has 3 N–H and O–H groups in total. The van der Waals surface area contributed by atoms with Crippen molar-refractivity contribution in [2.45, 2.75) is 39.2 Å². The molecule has 21 heavy (non-hydrogen) atoms. The van der Waals surface area contributed by atoms with E-state index in [-0.39, 0.29) is 24.6 Å². The second-order valence-electron chi connectivity index (χ2n) is 5.74. The molecule has 1 aromatic carbocycles. The Hall–Kier alpha value is -1.75. The third-order valence-electron chi connectivity index (χ3n) is 3.73. The van der Waals surface area contributed by atoms with Crippen LogP contribution in [0.15, 0.2) is 18.2 Å². The van der Waals surface area contributed by atoms with E-state index in [0.29, 0.717) is 6.42 Å².